The molecule has 1 N–H and O–H groups in total. The lowest BCUT2D eigenvalue weighted by Gasteiger charge is -2.31. The number of rotatable bonds is 4. The van der Waals surface area contributed by atoms with Crippen molar-refractivity contribution >= 4 is 12.0 Å². The molecule has 2 rings (SSSR count). The van der Waals surface area contributed by atoms with Gasteiger partial charge in [-0.25, -0.2) is 4.79 Å². The summed E-state index contributed by atoms with van der Waals surface area (Å²) < 4.78 is 9.86. The van der Waals surface area contributed by atoms with Crippen LogP contribution in [0.15, 0.2) is 4.52 Å². The molecule has 8 heteroatoms. The van der Waals surface area contributed by atoms with E-state index in [-0.39, 0.29) is 24.5 Å². The molecular formula is C13H20N4O4. The lowest BCUT2D eigenvalue weighted by atomic mass is 10.1. The van der Waals surface area contributed by atoms with E-state index in [2.05, 4.69) is 15.5 Å². The third-order valence-electron chi connectivity index (χ3n) is 3.27. The van der Waals surface area contributed by atoms with Crippen molar-refractivity contribution in [2.45, 2.75) is 39.2 Å². The number of carbonyl (C=O) groups is 2. The average molecular weight is 296 g/mol. The molecule has 1 aromatic heterocycles. The number of likely N-dealkylation sites (tertiary alicyclic amines) is 1. The number of hydrogen-bond acceptors (Lipinski definition) is 6. The first-order chi connectivity index (χ1) is 10.1. The quantitative estimate of drug-likeness (QED) is 0.876. The molecular weight excluding hydrogens is 276 g/mol. The maximum Gasteiger partial charge on any atom is 0.409 e. The summed E-state index contributed by atoms with van der Waals surface area (Å²) in [4.78, 5) is 29.1. The molecule has 1 aliphatic heterocycles. The molecule has 0 aliphatic carbocycles. The lowest BCUT2D eigenvalue weighted by Crippen LogP contribution is -2.47. The van der Waals surface area contributed by atoms with Crippen LogP contribution in [0.1, 0.15) is 31.5 Å². The second-order valence-electron chi connectivity index (χ2n) is 4.94. The number of hydrogen-bond donors (Lipinski definition) is 1. The summed E-state index contributed by atoms with van der Waals surface area (Å²) in [6.45, 7) is 5.03. The fraction of sp³-hybridized carbons (Fsp3) is 0.692. The predicted octanol–water partition coefficient (Wildman–Crippen LogP) is 0.658. The highest BCUT2D eigenvalue weighted by molar-refractivity contribution is 5.77. The van der Waals surface area contributed by atoms with E-state index in [1.54, 1.807) is 18.7 Å². The molecule has 0 saturated carbocycles. The third-order valence-corrected chi connectivity index (χ3v) is 3.27. The monoisotopic (exact) mass is 296 g/mol. The molecule has 1 aromatic rings. The molecule has 1 fully saturated rings. The average Bonchev–Trinajstić information content (AvgIpc) is 2.85. The lowest BCUT2D eigenvalue weighted by molar-refractivity contribution is -0.121. The maximum atomic E-state index is 11.9. The molecule has 8 nitrogen and oxygen atoms in total. The summed E-state index contributed by atoms with van der Waals surface area (Å²) >= 11 is 0. The second-order valence-corrected chi connectivity index (χ2v) is 4.94. The van der Waals surface area contributed by atoms with E-state index in [1.165, 1.54) is 0 Å². The number of nitrogens with zero attached hydrogens (tertiary/aromatic N) is 3. The highest BCUT2D eigenvalue weighted by Crippen LogP contribution is 2.11. The molecule has 0 spiro atoms. The van der Waals surface area contributed by atoms with E-state index >= 15 is 0 Å². The van der Waals surface area contributed by atoms with E-state index in [9.17, 15) is 9.59 Å². The van der Waals surface area contributed by atoms with Crippen molar-refractivity contribution in [1.82, 2.24) is 20.4 Å². The first kappa shape index (κ1) is 15.3. The number of amides is 2. The van der Waals surface area contributed by atoms with Crippen molar-refractivity contribution in [3.8, 4) is 0 Å². The van der Waals surface area contributed by atoms with Gasteiger partial charge in [-0.05, 0) is 26.7 Å². The van der Waals surface area contributed by atoms with Crippen molar-refractivity contribution in [3.63, 3.8) is 0 Å². The van der Waals surface area contributed by atoms with Crippen LogP contribution in [0.5, 0.6) is 0 Å². The molecule has 0 atom stereocenters. The zero-order chi connectivity index (χ0) is 15.2. The highest BCUT2D eigenvalue weighted by Gasteiger charge is 2.24. The van der Waals surface area contributed by atoms with Crippen molar-refractivity contribution in [2.75, 3.05) is 19.7 Å². The molecule has 2 amide bonds. The molecule has 0 aromatic carbocycles. The van der Waals surface area contributed by atoms with Crippen LogP contribution in [-0.2, 0) is 16.0 Å². The van der Waals surface area contributed by atoms with Gasteiger partial charge in [0.15, 0.2) is 5.82 Å². The summed E-state index contributed by atoms with van der Waals surface area (Å²) in [7, 11) is 0. The largest absolute Gasteiger partial charge is 0.450 e. The standard InChI is InChI=1S/C13H20N4O4/c1-3-20-13(19)17-6-4-10(5-7-17)15-11(18)8-12-14-9(2)16-21-12/h10H,3-8H2,1-2H3,(H,15,18). The second kappa shape index (κ2) is 7.05. The van der Waals surface area contributed by atoms with Crippen LogP contribution in [0.25, 0.3) is 0 Å². The van der Waals surface area contributed by atoms with E-state index in [4.69, 9.17) is 9.26 Å². The Morgan fingerprint density at radius 2 is 2.14 bits per heavy atom. The van der Waals surface area contributed by atoms with Crippen LogP contribution >= 0.6 is 0 Å². The Bertz CT molecular complexity index is 494. The SMILES string of the molecule is CCOC(=O)N1CCC(NC(=O)Cc2nc(C)no2)CC1. The summed E-state index contributed by atoms with van der Waals surface area (Å²) in [5.41, 5.74) is 0. The van der Waals surface area contributed by atoms with Gasteiger partial charge in [0, 0.05) is 19.1 Å². The van der Waals surface area contributed by atoms with Crippen molar-refractivity contribution in [2.24, 2.45) is 0 Å². The summed E-state index contributed by atoms with van der Waals surface area (Å²) in [6.07, 6.45) is 1.23. The van der Waals surface area contributed by atoms with Gasteiger partial charge in [-0.15, -0.1) is 0 Å². The van der Waals surface area contributed by atoms with Crippen molar-refractivity contribution < 1.29 is 18.8 Å². The molecule has 1 aliphatic rings. The maximum absolute atomic E-state index is 11.9. The van der Waals surface area contributed by atoms with Gasteiger partial charge in [0.1, 0.15) is 6.42 Å². The molecule has 116 valence electrons. The Morgan fingerprint density at radius 3 is 2.71 bits per heavy atom. The van der Waals surface area contributed by atoms with E-state index in [1.807, 2.05) is 0 Å². The topological polar surface area (TPSA) is 97.6 Å². The van der Waals surface area contributed by atoms with Crippen LogP contribution in [0.3, 0.4) is 0 Å². The van der Waals surface area contributed by atoms with Crippen LogP contribution in [0, 0.1) is 6.92 Å². The van der Waals surface area contributed by atoms with Crippen molar-refractivity contribution in [3.05, 3.63) is 11.7 Å². The van der Waals surface area contributed by atoms with Crippen molar-refractivity contribution in [1.29, 1.82) is 0 Å². The van der Waals surface area contributed by atoms with Gasteiger partial charge in [-0.3, -0.25) is 4.79 Å². The van der Waals surface area contributed by atoms with E-state index in [0.29, 0.717) is 44.3 Å². The fourth-order valence-corrected chi connectivity index (χ4v) is 2.25. The first-order valence-corrected chi connectivity index (χ1v) is 7.08. The van der Waals surface area contributed by atoms with Crippen LogP contribution in [0.2, 0.25) is 0 Å². The Labute approximate surface area is 122 Å². The minimum absolute atomic E-state index is 0.0622. The number of piperidine rings is 1. The number of ether oxygens (including phenoxy) is 1. The van der Waals surface area contributed by atoms with E-state index in [0.717, 1.165) is 0 Å². The Kier molecular flexibility index (Phi) is 5.13. The third kappa shape index (κ3) is 4.44. The van der Waals surface area contributed by atoms with Gasteiger partial charge in [0.05, 0.1) is 6.61 Å². The Hall–Kier alpha value is -2.12. The smallest absolute Gasteiger partial charge is 0.409 e. The minimum atomic E-state index is -0.288. The zero-order valence-corrected chi connectivity index (χ0v) is 12.3. The first-order valence-electron chi connectivity index (χ1n) is 7.08. The summed E-state index contributed by atoms with van der Waals surface area (Å²) in [5, 5.41) is 6.56. The molecule has 0 unspecified atom stereocenters. The van der Waals surface area contributed by atoms with Crippen LogP contribution in [0.4, 0.5) is 4.79 Å². The number of aromatic nitrogens is 2. The van der Waals surface area contributed by atoms with Gasteiger partial charge >= 0.3 is 6.09 Å². The fourth-order valence-electron chi connectivity index (χ4n) is 2.25. The van der Waals surface area contributed by atoms with Crippen LogP contribution in [-0.4, -0.2) is 52.8 Å². The molecule has 21 heavy (non-hydrogen) atoms. The molecule has 0 bridgehead atoms. The molecule has 0 radical (unpaired) electrons. The van der Waals surface area contributed by atoms with Gasteiger partial charge < -0.3 is 19.5 Å². The Balaban J connectivity index is 1.73. The van der Waals surface area contributed by atoms with Gasteiger partial charge in [-0.2, -0.15) is 4.98 Å². The number of carbonyl (C=O) groups excluding carboxylic acids is 2. The zero-order valence-electron chi connectivity index (χ0n) is 12.3. The summed E-state index contributed by atoms with van der Waals surface area (Å²) in [6, 6.07) is 0.0622. The minimum Gasteiger partial charge on any atom is -0.450 e. The molecule has 1 saturated heterocycles. The summed E-state index contributed by atoms with van der Waals surface area (Å²) in [5.74, 6) is 0.683. The number of nitrogens with one attached hydrogen (secondary N) is 1. The van der Waals surface area contributed by atoms with Gasteiger partial charge in [0.25, 0.3) is 0 Å². The predicted molar refractivity (Wildman–Crippen MR) is 72.5 cm³/mol. The number of aryl methyl sites for hydroxylation is 1. The van der Waals surface area contributed by atoms with E-state index < -0.39 is 0 Å². The Morgan fingerprint density at radius 1 is 1.43 bits per heavy atom. The van der Waals surface area contributed by atoms with Gasteiger partial charge in [-0.1, -0.05) is 5.16 Å². The normalized spacial score (nSPS) is 15.8. The van der Waals surface area contributed by atoms with Crippen LogP contribution < -0.4 is 5.32 Å². The molecule has 2 heterocycles. The highest BCUT2D eigenvalue weighted by atomic mass is 16.6. The van der Waals surface area contributed by atoms with Gasteiger partial charge in [0.2, 0.25) is 11.8 Å².